The first-order valence-electron chi connectivity index (χ1n) is 19.3. The predicted molar refractivity (Wildman–Crippen MR) is 234 cm³/mol. The highest BCUT2D eigenvalue weighted by molar-refractivity contribution is 6.19. The van der Waals surface area contributed by atoms with E-state index in [4.69, 9.17) is 8.83 Å². The van der Waals surface area contributed by atoms with Gasteiger partial charge in [-0.3, -0.25) is 0 Å². The number of para-hydroxylation sites is 2. The number of furan rings is 2. The number of hydrogen-bond acceptors (Lipinski definition) is 3. The monoisotopic (exact) mass is 718 g/mol. The van der Waals surface area contributed by atoms with Gasteiger partial charge in [0.2, 0.25) is 0 Å². The van der Waals surface area contributed by atoms with E-state index in [1.165, 1.54) is 49.4 Å². The predicted octanol–water partition coefficient (Wildman–Crippen LogP) is 15.1. The summed E-state index contributed by atoms with van der Waals surface area (Å²) in [7, 11) is 0. The van der Waals surface area contributed by atoms with Crippen molar-refractivity contribution in [2.75, 3.05) is 4.90 Å². The van der Waals surface area contributed by atoms with Crippen LogP contribution in [0.15, 0.2) is 191 Å². The molecule has 0 atom stereocenters. The Morgan fingerprint density at radius 2 is 1.12 bits per heavy atom. The average molecular weight is 719 g/mol. The summed E-state index contributed by atoms with van der Waals surface area (Å²) in [4.78, 5) is 2.27. The second-order valence-electron chi connectivity index (χ2n) is 14.8. The number of hydrogen-bond donors (Lipinski definition) is 0. The Balaban J connectivity index is 0.964. The molecule has 1 aliphatic carbocycles. The van der Waals surface area contributed by atoms with Gasteiger partial charge in [-0.25, -0.2) is 0 Å². The van der Waals surface area contributed by atoms with Gasteiger partial charge in [0.05, 0.1) is 11.0 Å². The first kappa shape index (κ1) is 31.1. The quantitative estimate of drug-likeness (QED) is 0.178. The fourth-order valence-corrected chi connectivity index (χ4v) is 9.02. The fraction of sp³-hybridized carbons (Fsp3) is 0.0385. The van der Waals surface area contributed by atoms with Crippen molar-refractivity contribution in [2.24, 2.45) is 0 Å². The molecule has 0 spiro atoms. The van der Waals surface area contributed by atoms with E-state index in [2.05, 4.69) is 191 Å². The van der Waals surface area contributed by atoms with Gasteiger partial charge in [-0.05, 0) is 114 Å². The molecular weight excluding hydrogens is 685 g/mol. The van der Waals surface area contributed by atoms with Crippen LogP contribution in [-0.4, -0.2) is 4.57 Å². The highest BCUT2D eigenvalue weighted by Crippen LogP contribution is 2.43. The van der Waals surface area contributed by atoms with Crippen molar-refractivity contribution in [3.8, 4) is 11.1 Å². The van der Waals surface area contributed by atoms with Crippen molar-refractivity contribution in [1.29, 1.82) is 0 Å². The van der Waals surface area contributed by atoms with Gasteiger partial charge in [-0.1, -0.05) is 91.0 Å². The molecule has 0 saturated carbocycles. The summed E-state index contributed by atoms with van der Waals surface area (Å²) < 4.78 is 15.5. The van der Waals surface area contributed by atoms with Gasteiger partial charge in [0.25, 0.3) is 0 Å². The minimum absolute atomic E-state index is 0.847. The maximum absolute atomic E-state index is 6.60. The lowest BCUT2D eigenvalue weighted by Crippen LogP contribution is -2.09. The van der Waals surface area contributed by atoms with E-state index >= 15 is 0 Å². The molecule has 0 aliphatic heterocycles. The summed E-state index contributed by atoms with van der Waals surface area (Å²) in [6.07, 6.45) is 8.79. The standard InChI is InChI=1S/C52H34N2O2/c1-3-12-36(13-4-1)53(39-23-25-43-51(32-39)56-49-28-20-33-11-7-8-16-40(33)52(43)49)38-22-24-42-45-30-35(21-27-48(45)55-50(42)31-38)34-19-26-47-44(29-34)41-17-9-10-18-46(41)54(47)37-14-5-2-6-15-37/h1-5,7-14,16-32H,6,15H2. The van der Waals surface area contributed by atoms with E-state index < -0.39 is 0 Å². The summed E-state index contributed by atoms with van der Waals surface area (Å²) in [6.45, 7) is 0. The van der Waals surface area contributed by atoms with E-state index in [1.54, 1.807) is 0 Å². The number of anilines is 3. The first-order chi connectivity index (χ1) is 27.7. The van der Waals surface area contributed by atoms with Gasteiger partial charge in [-0.2, -0.15) is 0 Å². The molecule has 1 aliphatic rings. The fourth-order valence-electron chi connectivity index (χ4n) is 9.02. The van der Waals surface area contributed by atoms with Crippen LogP contribution in [0.1, 0.15) is 12.8 Å². The van der Waals surface area contributed by atoms with Crippen molar-refractivity contribution in [3.05, 3.63) is 182 Å². The van der Waals surface area contributed by atoms with Crippen LogP contribution in [-0.2, 0) is 0 Å². The van der Waals surface area contributed by atoms with E-state index in [-0.39, 0.29) is 0 Å². The molecule has 3 heterocycles. The third-order valence-corrected chi connectivity index (χ3v) is 11.6. The van der Waals surface area contributed by atoms with E-state index in [9.17, 15) is 0 Å². The van der Waals surface area contributed by atoms with Crippen LogP contribution < -0.4 is 4.90 Å². The summed E-state index contributed by atoms with van der Waals surface area (Å²) in [5.41, 5.74) is 12.7. The summed E-state index contributed by atoms with van der Waals surface area (Å²) in [5, 5.41) is 9.42. The molecule has 0 saturated heterocycles. The van der Waals surface area contributed by atoms with Gasteiger partial charge in [0, 0.05) is 67.2 Å². The second-order valence-corrected chi connectivity index (χ2v) is 14.8. The Bertz CT molecular complexity index is 3430. The molecule has 0 fully saturated rings. The minimum atomic E-state index is 0.847. The largest absolute Gasteiger partial charge is 0.456 e. The molecule has 11 aromatic rings. The van der Waals surface area contributed by atoms with Gasteiger partial charge in [0.15, 0.2) is 0 Å². The van der Waals surface area contributed by atoms with Crippen molar-refractivity contribution < 1.29 is 8.83 Å². The van der Waals surface area contributed by atoms with Gasteiger partial charge < -0.3 is 18.3 Å². The molecule has 4 nitrogen and oxygen atoms in total. The molecule has 3 aromatic heterocycles. The molecule has 0 bridgehead atoms. The summed E-state index contributed by atoms with van der Waals surface area (Å²) >= 11 is 0. The number of aromatic nitrogens is 1. The molecular formula is C52H34N2O2. The second kappa shape index (κ2) is 12.1. The highest BCUT2D eigenvalue weighted by Gasteiger charge is 2.19. The Morgan fingerprint density at radius 3 is 1.96 bits per heavy atom. The molecule has 0 radical (unpaired) electrons. The van der Waals surface area contributed by atoms with Crippen LogP contribution in [0.2, 0.25) is 0 Å². The number of nitrogens with zero attached hydrogens (tertiary/aromatic N) is 2. The van der Waals surface area contributed by atoms with Crippen molar-refractivity contribution in [2.45, 2.75) is 12.8 Å². The van der Waals surface area contributed by atoms with E-state index in [0.717, 1.165) is 73.8 Å². The van der Waals surface area contributed by atoms with Crippen molar-refractivity contribution in [1.82, 2.24) is 4.57 Å². The van der Waals surface area contributed by atoms with Crippen LogP contribution in [0.3, 0.4) is 0 Å². The lowest BCUT2D eigenvalue weighted by atomic mass is 10.0. The third kappa shape index (κ3) is 4.72. The van der Waals surface area contributed by atoms with Crippen LogP contribution in [0.5, 0.6) is 0 Å². The van der Waals surface area contributed by atoms with Crippen molar-refractivity contribution in [3.63, 3.8) is 0 Å². The van der Waals surface area contributed by atoms with E-state index in [0.29, 0.717) is 0 Å². The molecule has 0 N–H and O–H groups in total. The number of fused-ring (bicyclic) bond motifs is 11. The number of rotatable bonds is 5. The Morgan fingerprint density at radius 1 is 0.446 bits per heavy atom. The maximum atomic E-state index is 6.60. The summed E-state index contributed by atoms with van der Waals surface area (Å²) in [6, 6.07) is 58.6. The molecule has 8 aromatic carbocycles. The zero-order valence-corrected chi connectivity index (χ0v) is 30.4. The Hall–Kier alpha value is -7.30. The highest BCUT2D eigenvalue weighted by atomic mass is 16.3. The number of allylic oxidation sites excluding steroid dienone is 4. The number of benzene rings is 8. The Kier molecular flexibility index (Phi) is 6.72. The summed E-state index contributed by atoms with van der Waals surface area (Å²) in [5.74, 6) is 0. The average Bonchev–Trinajstić information content (AvgIpc) is 3.93. The topological polar surface area (TPSA) is 34.5 Å². The van der Waals surface area contributed by atoms with Crippen LogP contribution >= 0.6 is 0 Å². The van der Waals surface area contributed by atoms with Crippen LogP contribution in [0, 0.1) is 0 Å². The van der Waals surface area contributed by atoms with Crippen molar-refractivity contribution >= 4 is 99.2 Å². The lowest BCUT2D eigenvalue weighted by Gasteiger charge is -2.25. The molecule has 56 heavy (non-hydrogen) atoms. The van der Waals surface area contributed by atoms with Crippen LogP contribution in [0.25, 0.3) is 93.3 Å². The molecule has 0 amide bonds. The molecule has 0 unspecified atom stereocenters. The molecule has 12 rings (SSSR count). The minimum Gasteiger partial charge on any atom is -0.456 e. The Labute approximate surface area is 322 Å². The first-order valence-corrected chi connectivity index (χ1v) is 19.3. The van der Waals surface area contributed by atoms with Gasteiger partial charge in [0.1, 0.15) is 22.3 Å². The zero-order chi connectivity index (χ0) is 36.7. The maximum Gasteiger partial charge on any atom is 0.137 e. The van der Waals surface area contributed by atoms with E-state index in [1.807, 2.05) is 0 Å². The van der Waals surface area contributed by atoms with Gasteiger partial charge in [-0.15, -0.1) is 0 Å². The molecule has 4 heteroatoms. The van der Waals surface area contributed by atoms with Crippen LogP contribution in [0.4, 0.5) is 17.1 Å². The zero-order valence-electron chi connectivity index (χ0n) is 30.4. The third-order valence-electron chi connectivity index (χ3n) is 11.6. The normalized spacial score (nSPS) is 13.2. The molecule has 264 valence electrons. The van der Waals surface area contributed by atoms with Gasteiger partial charge >= 0.3 is 0 Å². The SMILES string of the molecule is C1=CCCC(n2c3ccccc3c3cc(-c4ccc5oc6cc(N(c7ccccc7)c7ccc8c(c7)oc7ccc9ccccc9c78)ccc6c5c4)ccc32)=C1. The lowest BCUT2D eigenvalue weighted by molar-refractivity contribution is 0.669. The smallest absolute Gasteiger partial charge is 0.137 e.